The number of hydrogen-bond donors (Lipinski definition) is 1. The number of morpholine rings is 1. The van der Waals surface area contributed by atoms with Crippen LogP contribution in [0.5, 0.6) is 5.75 Å². The third kappa shape index (κ3) is 4.48. The van der Waals surface area contributed by atoms with Crippen LogP contribution >= 0.6 is 11.3 Å². The van der Waals surface area contributed by atoms with Crippen molar-refractivity contribution in [1.82, 2.24) is 9.47 Å². The molecule has 2 aromatic heterocycles. The van der Waals surface area contributed by atoms with Crippen molar-refractivity contribution >= 4 is 27.5 Å². The van der Waals surface area contributed by atoms with Crippen molar-refractivity contribution in [2.24, 2.45) is 5.73 Å². The van der Waals surface area contributed by atoms with E-state index in [1.807, 2.05) is 54.6 Å². The smallest absolute Gasteiger partial charge is 0.259 e. The molecule has 0 spiro atoms. The highest BCUT2D eigenvalue weighted by atomic mass is 32.1. The number of nitrogens with two attached hydrogens (primary N) is 1. The van der Waals surface area contributed by atoms with Crippen molar-refractivity contribution in [2.75, 3.05) is 39.5 Å². The van der Waals surface area contributed by atoms with Crippen LogP contribution in [0.2, 0.25) is 0 Å². The molecule has 0 aliphatic carbocycles. The molecule has 0 bridgehead atoms. The summed E-state index contributed by atoms with van der Waals surface area (Å²) in [6.45, 7) is 4.81. The van der Waals surface area contributed by atoms with Crippen LogP contribution in [0.25, 0.3) is 27.0 Å². The van der Waals surface area contributed by atoms with E-state index < -0.39 is 5.91 Å². The molecule has 4 aromatic rings. The lowest BCUT2D eigenvalue weighted by Gasteiger charge is -2.26. The first-order valence-electron chi connectivity index (χ1n) is 11.2. The van der Waals surface area contributed by atoms with Gasteiger partial charge in [0, 0.05) is 36.7 Å². The number of carbonyl (C=O) groups is 1. The molecular formula is C26H25N3O4S. The molecule has 7 nitrogen and oxygen atoms in total. The first-order valence-corrected chi connectivity index (χ1v) is 12.0. The molecule has 2 aromatic carbocycles. The van der Waals surface area contributed by atoms with Gasteiger partial charge in [-0.2, -0.15) is 0 Å². The monoisotopic (exact) mass is 475 g/mol. The Hall–Kier alpha value is -3.46. The highest BCUT2D eigenvalue weighted by Gasteiger charge is 2.21. The highest BCUT2D eigenvalue weighted by molar-refractivity contribution is 7.21. The summed E-state index contributed by atoms with van der Waals surface area (Å²) in [6, 6.07) is 20.4. The zero-order valence-electron chi connectivity index (χ0n) is 18.6. The molecule has 0 radical (unpaired) electrons. The SMILES string of the molecule is NC(=O)c1sc2c(ccc(=O)n2-c2ccc(OCCN3CCOCC3)cc2)c1-c1ccccc1. The van der Waals surface area contributed by atoms with Crippen molar-refractivity contribution in [3.8, 4) is 22.6 Å². The predicted octanol–water partition coefficient (Wildman–Crippen LogP) is 3.53. The average molecular weight is 476 g/mol. The molecule has 1 aliphatic heterocycles. The van der Waals surface area contributed by atoms with Gasteiger partial charge in [-0.25, -0.2) is 0 Å². The molecule has 0 atom stereocenters. The normalized spacial score (nSPS) is 14.4. The van der Waals surface area contributed by atoms with Gasteiger partial charge in [0.15, 0.2) is 0 Å². The number of thiophene rings is 1. The molecule has 0 saturated carbocycles. The van der Waals surface area contributed by atoms with Crippen LogP contribution in [0.4, 0.5) is 0 Å². The second-order valence-corrected chi connectivity index (χ2v) is 9.06. The molecule has 3 heterocycles. The van der Waals surface area contributed by atoms with Gasteiger partial charge in [-0.3, -0.25) is 19.1 Å². The number of ether oxygens (including phenoxy) is 2. The molecule has 174 valence electrons. The van der Waals surface area contributed by atoms with Gasteiger partial charge in [-0.1, -0.05) is 30.3 Å². The summed E-state index contributed by atoms with van der Waals surface area (Å²) in [6.07, 6.45) is 0. The number of rotatable bonds is 7. The van der Waals surface area contributed by atoms with E-state index in [0.717, 1.165) is 55.1 Å². The Morgan fingerprint density at radius 1 is 1.00 bits per heavy atom. The summed E-state index contributed by atoms with van der Waals surface area (Å²) < 4.78 is 12.9. The first kappa shape index (κ1) is 22.3. The Balaban J connectivity index is 1.46. The number of hydrogen-bond acceptors (Lipinski definition) is 6. The standard InChI is InChI=1S/C26H25N3O4S/c27-25(31)24-23(18-4-2-1-3-5-18)21-10-11-22(30)29(26(21)34-24)19-6-8-20(9-7-19)33-17-14-28-12-15-32-16-13-28/h1-11H,12-17H2,(H2,27,31). The molecule has 8 heteroatoms. The lowest BCUT2D eigenvalue weighted by Crippen LogP contribution is -2.38. The van der Waals surface area contributed by atoms with Gasteiger partial charge < -0.3 is 15.2 Å². The zero-order valence-corrected chi connectivity index (χ0v) is 19.4. The summed E-state index contributed by atoms with van der Waals surface area (Å²) in [7, 11) is 0. The van der Waals surface area contributed by atoms with Crippen LogP contribution in [-0.2, 0) is 4.74 Å². The van der Waals surface area contributed by atoms with Crippen LogP contribution in [0.15, 0.2) is 71.5 Å². The number of fused-ring (bicyclic) bond motifs is 1. The molecule has 5 rings (SSSR count). The molecule has 0 unspecified atom stereocenters. The Labute approximate surface area is 200 Å². The Bertz CT molecular complexity index is 1360. The Morgan fingerprint density at radius 2 is 1.74 bits per heavy atom. The quantitative estimate of drug-likeness (QED) is 0.442. The molecular weight excluding hydrogens is 450 g/mol. The summed E-state index contributed by atoms with van der Waals surface area (Å²) in [5, 5.41) is 0.815. The van der Waals surface area contributed by atoms with E-state index in [4.69, 9.17) is 15.2 Å². The number of carbonyl (C=O) groups excluding carboxylic acids is 1. The molecule has 1 saturated heterocycles. The Kier molecular flexibility index (Phi) is 6.44. The highest BCUT2D eigenvalue weighted by Crippen LogP contribution is 2.38. The van der Waals surface area contributed by atoms with Gasteiger partial charge in [-0.15, -0.1) is 11.3 Å². The summed E-state index contributed by atoms with van der Waals surface area (Å²) in [5.74, 6) is 0.231. The van der Waals surface area contributed by atoms with Crippen LogP contribution in [0.3, 0.4) is 0 Å². The zero-order chi connectivity index (χ0) is 23.5. The van der Waals surface area contributed by atoms with E-state index in [9.17, 15) is 9.59 Å². The van der Waals surface area contributed by atoms with E-state index in [0.29, 0.717) is 22.0 Å². The molecule has 34 heavy (non-hydrogen) atoms. The van der Waals surface area contributed by atoms with Crippen molar-refractivity contribution in [1.29, 1.82) is 0 Å². The van der Waals surface area contributed by atoms with Crippen LogP contribution in [-0.4, -0.2) is 54.8 Å². The second-order valence-electron chi connectivity index (χ2n) is 8.06. The van der Waals surface area contributed by atoms with E-state index in [1.165, 1.54) is 17.4 Å². The maximum Gasteiger partial charge on any atom is 0.259 e. The Morgan fingerprint density at radius 3 is 2.44 bits per heavy atom. The maximum absolute atomic E-state index is 12.9. The van der Waals surface area contributed by atoms with Crippen molar-refractivity contribution in [3.63, 3.8) is 0 Å². The third-order valence-electron chi connectivity index (χ3n) is 5.90. The van der Waals surface area contributed by atoms with Gasteiger partial charge in [0.05, 0.1) is 18.9 Å². The van der Waals surface area contributed by atoms with Crippen LogP contribution in [0.1, 0.15) is 9.67 Å². The lowest BCUT2D eigenvalue weighted by molar-refractivity contribution is 0.0322. The molecule has 1 fully saturated rings. The number of nitrogens with zero attached hydrogens (tertiary/aromatic N) is 2. The van der Waals surface area contributed by atoms with Crippen LogP contribution in [0, 0.1) is 0 Å². The number of primary amides is 1. The van der Waals surface area contributed by atoms with Crippen LogP contribution < -0.4 is 16.0 Å². The fourth-order valence-electron chi connectivity index (χ4n) is 4.20. The van der Waals surface area contributed by atoms with Crippen molar-refractivity contribution in [3.05, 3.63) is 82.0 Å². The first-order chi connectivity index (χ1) is 16.6. The van der Waals surface area contributed by atoms with E-state index in [1.54, 1.807) is 10.6 Å². The predicted molar refractivity (Wildman–Crippen MR) is 134 cm³/mol. The lowest BCUT2D eigenvalue weighted by atomic mass is 10.0. The summed E-state index contributed by atoms with van der Waals surface area (Å²) >= 11 is 1.24. The number of benzene rings is 2. The summed E-state index contributed by atoms with van der Waals surface area (Å²) in [5.41, 5.74) is 7.89. The van der Waals surface area contributed by atoms with E-state index in [2.05, 4.69) is 4.90 Å². The largest absolute Gasteiger partial charge is 0.492 e. The second kappa shape index (κ2) is 9.80. The fourth-order valence-corrected chi connectivity index (χ4v) is 5.39. The molecule has 1 amide bonds. The molecule has 2 N–H and O–H groups in total. The minimum atomic E-state index is -0.511. The topological polar surface area (TPSA) is 86.8 Å². The minimum absolute atomic E-state index is 0.176. The average Bonchev–Trinajstić information content (AvgIpc) is 3.26. The van der Waals surface area contributed by atoms with E-state index in [-0.39, 0.29) is 5.56 Å². The van der Waals surface area contributed by atoms with Crippen molar-refractivity contribution in [2.45, 2.75) is 0 Å². The number of pyridine rings is 1. The minimum Gasteiger partial charge on any atom is -0.492 e. The van der Waals surface area contributed by atoms with Crippen molar-refractivity contribution < 1.29 is 14.3 Å². The van der Waals surface area contributed by atoms with Gasteiger partial charge in [-0.05, 0) is 35.9 Å². The van der Waals surface area contributed by atoms with Gasteiger partial charge in [0.2, 0.25) is 0 Å². The van der Waals surface area contributed by atoms with E-state index >= 15 is 0 Å². The third-order valence-corrected chi connectivity index (χ3v) is 7.11. The number of amides is 1. The van der Waals surface area contributed by atoms with Gasteiger partial charge in [0.25, 0.3) is 11.5 Å². The maximum atomic E-state index is 12.9. The van der Waals surface area contributed by atoms with Gasteiger partial charge in [0.1, 0.15) is 22.1 Å². The fraction of sp³-hybridized carbons (Fsp3) is 0.231. The molecule has 1 aliphatic rings. The number of aromatic nitrogens is 1. The van der Waals surface area contributed by atoms with Gasteiger partial charge >= 0.3 is 0 Å². The summed E-state index contributed by atoms with van der Waals surface area (Å²) in [4.78, 5) is 28.6.